The van der Waals surface area contributed by atoms with Crippen molar-refractivity contribution in [2.45, 2.75) is 18.7 Å². The molecule has 2 unspecified atom stereocenters. The van der Waals surface area contributed by atoms with Gasteiger partial charge in [0.05, 0.1) is 19.8 Å². The van der Waals surface area contributed by atoms with Crippen LogP contribution in [0.15, 0.2) is 42.1 Å². The molecule has 6 nitrogen and oxygen atoms in total. The average molecular weight is 331 g/mol. The number of allylic oxidation sites excluding steroid dienone is 2. The second-order valence-corrected chi connectivity index (χ2v) is 6.23. The van der Waals surface area contributed by atoms with E-state index >= 15 is 0 Å². The molecule has 0 saturated carbocycles. The van der Waals surface area contributed by atoms with Gasteiger partial charge in [-0.3, -0.25) is 5.32 Å². The normalized spacial score (nSPS) is 26.4. The van der Waals surface area contributed by atoms with E-state index < -0.39 is 6.23 Å². The number of ether oxygens (including phenoxy) is 2. The van der Waals surface area contributed by atoms with Crippen molar-refractivity contribution in [3.05, 3.63) is 47.7 Å². The summed E-state index contributed by atoms with van der Waals surface area (Å²) in [5, 5.41) is 17.4. The molecule has 0 aliphatic carbocycles. The van der Waals surface area contributed by atoms with Gasteiger partial charge in [-0.15, -0.1) is 0 Å². The predicted octanol–water partition coefficient (Wildman–Crippen LogP) is 1.14. The Morgan fingerprint density at radius 3 is 2.83 bits per heavy atom. The van der Waals surface area contributed by atoms with E-state index in [0.717, 1.165) is 29.2 Å². The predicted molar refractivity (Wildman–Crippen MR) is 92.8 cm³/mol. The van der Waals surface area contributed by atoms with E-state index in [1.807, 2.05) is 48.4 Å². The summed E-state index contributed by atoms with van der Waals surface area (Å²) >= 11 is 0. The van der Waals surface area contributed by atoms with Gasteiger partial charge in [-0.05, 0) is 36.8 Å². The number of benzene rings is 1. The summed E-state index contributed by atoms with van der Waals surface area (Å²) in [4.78, 5) is 1.94. The highest BCUT2D eigenvalue weighted by Crippen LogP contribution is 2.36. The van der Waals surface area contributed by atoms with Gasteiger partial charge in [0.2, 0.25) is 0 Å². The van der Waals surface area contributed by atoms with Crippen molar-refractivity contribution in [2.75, 3.05) is 34.0 Å². The molecule has 1 saturated heterocycles. The Kier molecular flexibility index (Phi) is 4.80. The van der Waals surface area contributed by atoms with Crippen molar-refractivity contribution in [2.24, 2.45) is 0 Å². The molecule has 2 heterocycles. The molecule has 130 valence electrons. The van der Waals surface area contributed by atoms with Crippen LogP contribution >= 0.6 is 0 Å². The highest BCUT2D eigenvalue weighted by Gasteiger charge is 2.40. The van der Waals surface area contributed by atoms with Crippen molar-refractivity contribution in [1.82, 2.24) is 15.5 Å². The zero-order valence-electron chi connectivity index (χ0n) is 14.4. The van der Waals surface area contributed by atoms with Gasteiger partial charge in [0.25, 0.3) is 0 Å². The van der Waals surface area contributed by atoms with Crippen molar-refractivity contribution < 1.29 is 14.6 Å². The molecule has 2 atom stereocenters. The molecule has 2 aliphatic rings. The molecule has 0 radical (unpaired) electrons. The van der Waals surface area contributed by atoms with Gasteiger partial charge in [0, 0.05) is 31.5 Å². The highest BCUT2D eigenvalue weighted by atomic mass is 16.5. The SMILES string of the molecule is COc1ccc(OC)c(C2(CN3C=CC=C(C)C3O)CNCN2)c1. The molecule has 24 heavy (non-hydrogen) atoms. The summed E-state index contributed by atoms with van der Waals surface area (Å²) in [5.74, 6) is 1.58. The number of rotatable bonds is 5. The van der Waals surface area contributed by atoms with E-state index in [9.17, 15) is 5.11 Å². The lowest BCUT2D eigenvalue weighted by atomic mass is 9.88. The van der Waals surface area contributed by atoms with Crippen LogP contribution in [0.1, 0.15) is 12.5 Å². The van der Waals surface area contributed by atoms with E-state index in [1.54, 1.807) is 14.2 Å². The third kappa shape index (κ3) is 3.00. The zero-order valence-corrected chi connectivity index (χ0v) is 14.4. The Hall–Kier alpha value is -2.02. The van der Waals surface area contributed by atoms with Gasteiger partial charge in [0.1, 0.15) is 17.7 Å². The zero-order chi connectivity index (χ0) is 17.2. The number of aliphatic hydroxyl groups excluding tert-OH is 1. The molecule has 1 fully saturated rings. The van der Waals surface area contributed by atoms with Crippen LogP contribution in [0.25, 0.3) is 0 Å². The first-order valence-corrected chi connectivity index (χ1v) is 8.07. The smallest absolute Gasteiger partial charge is 0.148 e. The minimum atomic E-state index is -0.620. The Labute approximate surface area is 142 Å². The molecule has 0 spiro atoms. The minimum absolute atomic E-state index is 0.386. The molecule has 6 heteroatoms. The lowest BCUT2D eigenvalue weighted by Gasteiger charge is -2.39. The van der Waals surface area contributed by atoms with E-state index in [0.29, 0.717) is 13.2 Å². The van der Waals surface area contributed by atoms with Crippen molar-refractivity contribution in [3.8, 4) is 11.5 Å². The van der Waals surface area contributed by atoms with Crippen molar-refractivity contribution in [3.63, 3.8) is 0 Å². The monoisotopic (exact) mass is 331 g/mol. The molecule has 1 aromatic carbocycles. The Balaban J connectivity index is 1.97. The third-order valence-electron chi connectivity index (χ3n) is 4.71. The van der Waals surface area contributed by atoms with Gasteiger partial charge in [0.15, 0.2) is 0 Å². The number of methoxy groups -OCH3 is 2. The Morgan fingerprint density at radius 1 is 1.33 bits per heavy atom. The topological polar surface area (TPSA) is 66.0 Å². The van der Waals surface area contributed by atoms with Crippen LogP contribution in [-0.2, 0) is 5.54 Å². The first-order chi connectivity index (χ1) is 11.6. The van der Waals surface area contributed by atoms with Crippen LogP contribution in [0.3, 0.4) is 0 Å². The molecule has 3 rings (SSSR count). The van der Waals surface area contributed by atoms with Gasteiger partial charge < -0.3 is 24.8 Å². The number of hydrogen-bond acceptors (Lipinski definition) is 6. The first-order valence-electron chi connectivity index (χ1n) is 8.07. The van der Waals surface area contributed by atoms with E-state index in [-0.39, 0.29) is 5.54 Å². The molecule has 1 aromatic rings. The molecule has 0 aromatic heterocycles. The lowest BCUT2D eigenvalue weighted by molar-refractivity contribution is 0.0484. The Bertz CT molecular complexity index is 651. The van der Waals surface area contributed by atoms with Crippen LogP contribution in [0, 0.1) is 0 Å². The van der Waals surface area contributed by atoms with Gasteiger partial charge in [-0.25, -0.2) is 0 Å². The van der Waals surface area contributed by atoms with Crippen LogP contribution in [0.2, 0.25) is 0 Å². The largest absolute Gasteiger partial charge is 0.497 e. The minimum Gasteiger partial charge on any atom is -0.497 e. The van der Waals surface area contributed by atoms with Crippen LogP contribution in [-0.4, -0.2) is 50.2 Å². The quantitative estimate of drug-likeness (QED) is 0.752. The number of hydrogen-bond donors (Lipinski definition) is 3. The van der Waals surface area contributed by atoms with Gasteiger partial charge in [-0.2, -0.15) is 0 Å². The van der Waals surface area contributed by atoms with Crippen LogP contribution in [0.5, 0.6) is 11.5 Å². The van der Waals surface area contributed by atoms with Crippen molar-refractivity contribution in [1.29, 1.82) is 0 Å². The molecule has 2 aliphatic heterocycles. The molecule has 0 amide bonds. The molecular formula is C18H25N3O3. The lowest BCUT2D eigenvalue weighted by Crippen LogP contribution is -2.51. The second kappa shape index (κ2) is 6.84. The summed E-state index contributed by atoms with van der Waals surface area (Å²) < 4.78 is 11.0. The summed E-state index contributed by atoms with van der Waals surface area (Å²) in [6, 6.07) is 5.81. The van der Waals surface area contributed by atoms with Crippen LogP contribution in [0.4, 0.5) is 0 Å². The third-order valence-corrected chi connectivity index (χ3v) is 4.71. The highest BCUT2D eigenvalue weighted by molar-refractivity contribution is 5.46. The van der Waals surface area contributed by atoms with Crippen molar-refractivity contribution >= 4 is 0 Å². The number of aliphatic hydroxyl groups is 1. The fourth-order valence-corrected chi connectivity index (χ4v) is 3.33. The molecular weight excluding hydrogens is 306 g/mol. The summed E-state index contributed by atoms with van der Waals surface area (Å²) in [6.45, 7) is 3.96. The standard InChI is InChI=1S/C18H25N3O3/c1-13-5-4-8-21(17(13)22)11-18(10-19-12-20-18)15-9-14(23-2)6-7-16(15)24-3/h4-9,17,19-20,22H,10-12H2,1-3H3. The number of nitrogens with one attached hydrogen (secondary N) is 2. The maximum absolute atomic E-state index is 10.5. The Morgan fingerprint density at radius 2 is 2.17 bits per heavy atom. The molecule has 0 bridgehead atoms. The fourth-order valence-electron chi connectivity index (χ4n) is 3.33. The van der Waals surface area contributed by atoms with Gasteiger partial charge >= 0.3 is 0 Å². The maximum Gasteiger partial charge on any atom is 0.148 e. The van der Waals surface area contributed by atoms with E-state index in [1.165, 1.54) is 0 Å². The number of nitrogens with zero attached hydrogens (tertiary/aromatic N) is 1. The first kappa shape index (κ1) is 16.8. The summed E-state index contributed by atoms with van der Waals surface area (Å²) in [6.07, 6.45) is 5.19. The van der Waals surface area contributed by atoms with Crippen LogP contribution < -0.4 is 20.1 Å². The van der Waals surface area contributed by atoms with Gasteiger partial charge in [-0.1, -0.05) is 6.08 Å². The summed E-state index contributed by atoms with van der Waals surface area (Å²) in [5.41, 5.74) is 1.56. The fraction of sp³-hybridized carbons (Fsp3) is 0.444. The average Bonchev–Trinajstić information content (AvgIpc) is 3.08. The molecule has 3 N–H and O–H groups in total. The second-order valence-electron chi connectivity index (χ2n) is 6.23. The summed E-state index contributed by atoms with van der Waals surface area (Å²) in [7, 11) is 3.33. The van der Waals surface area contributed by atoms with E-state index in [4.69, 9.17) is 9.47 Å². The maximum atomic E-state index is 10.5. The van der Waals surface area contributed by atoms with E-state index in [2.05, 4.69) is 10.6 Å².